The molecule has 0 spiro atoms. The second kappa shape index (κ2) is 4.18. The maximum atomic E-state index is 10.9. The molecule has 0 unspecified atom stereocenters. The Morgan fingerprint density at radius 2 is 2.19 bits per heavy atom. The van der Waals surface area contributed by atoms with Crippen molar-refractivity contribution in [2.75, 3.05) is 0 Å². The molecule has 1 aromatic carbocycles. The largest absolute Gasteiger partial charge is 0.366 e. The summed E-state index contributed by atoms with van der Waals surface area (Å²) in [7, 11) is 0. The Labute approximate surface area is 89.2 Å². The Kier molecular flexibility index (Phi) is 2.96. The Morgan fingerprint density at radius 3 is 2.56 bits per heavy atom. The predicted molar refractivity (Wildman–Crippen MR) is 51.7 cm³/mol. The fourth-order valence-electron chi connectivity index (χ4n) is 1.16. The van der Waals surface area contributed by atoms with E-state index in [1.54, 1.807) is 6.07 Å². The summed E-state index contributed by atoms with van der Waals surface area (Å²) in [5.74, 6) is -0.963. The number of nitro benzene ring substituents is 1. The van der Waals surface area contributed by atoms with Gasteiger partial charge < -0.3 is 5.73 Å². The topological polar surface area (TPSA) is 127 Å². The molecule has 0 saturated heterocycles. The van der Waals surface area contributed by atoms with Gasteiger partial charge in [-0.1, -0.05) is 0 Å². The standard InChI is InChI=1S/C9H5N3O4/c10-3-5-1-6(4-13)7(9(11)14)2-8(5)12(15)16/h1-2,4H,(H2,11,14). The number of nitrogens with zero attached hydrogens (tertiary/aromatic N) is 2. The Balaban J connectivity index is 3.61. The molecule has 0 saturated carbocycles. The van der Waals surface area contributed by atoms with Gasteiger partial charge in [0.15, 0.2) is 6.29 Å². The smallest absolute Gasteiger partial charge is 0.287 e. The summed E-state index contributed by atoms with van der Waals surface area (Å²) in [6.45, 7) is 0. The number of nitro groups is 1. The zero-order valence-electron chi connectivity index (χ0n) is 7.84. The van der Waals surface area contributed by atoms with Gasteiger partial charge in [0.25, 0.3) is 5.69 Å². The lowest BCUT2D eigenvalue weighted by atomic mass is 10.0. The highest BCUT2D eigenvalue weighted by Crippen LogP contribution is 2.22. The molecule has 0 aliphatic rings. The molecular weight excluding hydrogens is 214 g/mol. The Morgan fingerprint density at radius 1 is 1.56 bits per heavy atom. The van der Waals surface area contributed by atoms with Crippen molar-refractivity contribution in [3.05, 3.63) is 38.9 Å². The maximum Gasteiger partial charge on any atom is 0.287 e. The molecule has 0 atom stereocenters. The number of benzene rings is 1. The highest BCUT2D eigenvalue weighted by Gasteiger charge is 2.20. The number of hydrogen-bond acceptors (Lipinski definition) is 5. The van der Waals surface area contributed by atoms with Gasteiger partial charge in [-0.3, -0.25) is 19.7 Å². The van der Waals surface area contributed by atoms with Crippen LogP contribution in [0.2, 0.25) is 0 Å². The van der Waals surface area contributed by atoms with E-state index in [-0.39, 0.29) is 16.7 Å². The average Bonchev–Trinajstić information content (AvgIpc) is 2.26. The third-order valence-corrected chi connectivity index (χ3v) is 1.88. The molecule has 1 aromatic rings. The molecule has 0 bridgehead atoms. The van der Waals surface area contributed by atoms with Crippen molar-refractivity contribution in [3.8, 4) is 6.07 Å². The van der Waals surface area contributed by atoms with Gasteiger partial charge in [0.2, 0.25) is 5.91 Å². The van der Waals surface area contributed by atoms with Gasteiger partial charge >= 0.3 is 0 Å². The van der Waals surface area contributed by atoms with E-state index in [4.69, 9.17) is 11.0 Å². The summed E-state index contributed by atoms with van der Waals surface area (Å²) in [5, 5.41) is 19.2. The SMILES string of the molecule is N#Cc1cc(C=O)c(C(N)=O)cc1[N+](=O)[O-]. The van der Waals surface area contributed by atoms with Crippen LogP contribution in [0.5, 0.6) is 0 Å². The van der Waals surface area contributed by atoms with E-state index in [2.05, 4.69) is 0 Å². The number of aldehydes is 1. The summed E-state index contributed by atoms with van der Waals surface area (Å²) < 4.78 is 0. The zero-order valence-corrected chi connectivity index (χ0v) is 7.84. The molecule has 0 aliphatic carbocycles. The summed E-state index contributed by atoms with van der Waals surface area (Å²) in [4.78, 5) is 31.3. The number of rotatable bonds is 3. The van der Waals surface area contributed by atoms with Crippen molar-refractivity contribution in [1.29, 1.82) is 5.26 Å². The quantitative estimate of drug-likeness (QED) is 0.446. The van der Waals surface area contributed by atoms with Crippen LogP contribution in [0.15, 0.2) is 12.1 Å². The van der Waals surface area contributed by atoms with Crippen LogP contribution in [0.4, 0.5) is 5.69 Å². The maximum absolute atomic E-state index is 10.9. The molecule has 2 N–H and O–H groups in total. The number of hydrogen-bond donors (Lipinski definition) is 1. The van der Waals surface area contributed by atoms with Crippen LogP contribution in [0, 0.1) is 21.4 Å². The van der Waals surface area contributed by atoms with Crippen LogP contribution < -0.4 is 5.73 Å². The first-order chi connectivity index (χ1) is 7.51. The molecule has 0 aliphatic heterocycles. The molecular formula is C9H5N3O4. The molecule has 0 heterocycles. The van der Waals surface area contributed by atoms with E-state index >= 15 is 0 Å². The van der Waals surface area contributed by atoms with Gasteiger partial charge in [0.05, 0.1) is 10.5 Å². The molecule has 0 fully saturated rings. The van der Waals surface area contributed by atoms with E-state index in [9.17, 15) is 19.7 Å². The fraction of sp³-hybridized carbons (Fsp3) is 0. The van der Waals surface area contributed by atoms with Crippen molar-refractivity contribution in [2.45, 2.75) is 0 Å². The number of nitriles is 1. The Bertz CT molecular complexity index is 530. The first-order valence-corrected chi connectivity index (χ1v) is 3.98. The number of nitrogens with two attached hydrogens (primary N) is 1. The molecule has 0 radical (unpaired) electrons. The van der Waals surface area contributed by atoms with Gasteiger partial charge in [0.1, 0.15) is 11.6 Å². The van der Waals surface area contributed by atoms with Crippen molar-refractivity contribution in [1.82, 2.24) is 0 Å². The lowest BCUT2D eigenvalue weighted by molar-refractivity contribution is -0.385. The number of carbonyl (C=O) groups excluding carboxylic acids is 2. The second-order valence-electron chi connectivity index (χ2n) is 2.81. The molecule has 1 rings (SSSR count). The van der Waals surface area contributed by atoms with Gasteiger partial charge in [-0.15, -0.1) is 0 Å². The van der Waals surface area contributed by atoms with Crippen LogP contribution in [-0.2, 0) is 0 Å². The van der Waals surface area contributed by atoms with Crippen LogP contribution in [0.25, 0.3) is 0 Å². The third kappa shape index (κ3) is 1.85. The molecule has 7 heteroatoms. The number of carbonyl (C=O) groups is 2. The first kappa shape index (κ1) is 11.3. The van der Waals surface area contributed by atoms with Crippen LogP contribution in [0.1, 0.15) is 26.3 Å². The minimum absolute atomic E-state index is 0.144. The van der Waals surface area contributed by atoms with Gasteiger partial charge in [-0.25, -0.2) is 0 Å². The van der Waals surface area contributed by atoms with Crippen LogP contribution >= 0.6 is 0 Å². The highest BCUT2D eigenvalue weighted by molar-refractivity contribution is 6.01. The molecule has 80 valence electrons. The van der Waals surface area contributed by atoms with Crippen molar-refractivity contribution in [3.63, 3.8) is 0 Å². The van der Waals surface area contributed by atoms with E-state index < -0.39 is 16.5 Å². The molecule has 0 aromatic heterocycles. The fourth-order valence-corrected chi connectivity index (χ4v) is 1.16. The van der Waals surface area contributed by atoms with E-state index in [0.717, 1.165) is 12.1 Å². The predicted octanol–water partition coefficient (Wildman–Crippen LogP) is 0.378. The highest BCUT2D eigenvalue weighted by atomic mass is 16.6. The molecule has 1 amide bonds. The van der Waals surface area contributed by atoms with Crippen LogP contribution in [0.3, 0.4) is 0 Å². The van der Waals surface area contributed by atoms with Gasteiger partial charge in [0, 0.05) is 11.6 Å². The van der Waals surface area contributed by atoms with Crippen molar-refractivity contribution >= 4 is 17.9 Å². The van der Waals surface area contributed by atoms with E-state index in [1.807, 2.05) is 0 Å². The third-order valence-electron chi connectivity index (χ3n) is 1.88. The summed E-state index contributed by atoms with van der Waals surface area (Å²) in [6, 6.07) is 3.35. The lowest BCUT2D eigenvalue weighted by Gasteiger charge is -2.01. The molecule has 7 nitrogen and oxygen atoms in total. The minimum atomic E-state index is -0.963. The van der Waals surface area contributed by atoms with Crippen molar-refractivity contribution < 1.29 is 14.5 Å². The normalized spacial score (nSPS) is 9.19. The lowest BCUT2D eigenvalue weighted by Crippen LogP contribution is -2.14. The van der Waals surface area contributed by atoms with Crippen molar-refractivity contribution in [2.24, 2.45) is 5.73 Å². The first-order valence-electron chi connectivity index (χ1n) is 3.98. The number of amides is 1. The molecule has 16 heavy (non-hydrogen) atoms. The Hall–Kier alpha value is -2.75. The monoisotopic (exact) mass is 219 g/mol. The zero-order chi connectivity index (χ0) is 12.3. The number of primary amides is 1. The van der Waals surface area contributed by atoms with E-state index in [1.165, 1.54) is 0 Å². The minimum Gasteiger partial charge on any atom is -0.366 e. The van der Waals surface area contributed by atoms with Gasteiger partial charge in [-0.2, -0.15) is 5.26 Å². The van der Waals surface area contributed by atoms with E-state index in [0.29, 0.717) is 6.29 Å². The summed E-state index contributed by atoms with van der Waals surface area (Å²) in [6.07, 6.45) is 0.310. The summed E-state index contributed by atoms with van der Waals surface area (Å²) >= 11 is 0. The second-order valence-corrected chi connectivity index (χ2v) is 2.81. The average molecular weight is 219 g/mol. The van der Waals surface area contributed by atoms with Crippen LogP contribution in [-0.4, -0.2) is 17.1 Å². The summed E-state index contributed by atoms with van der Waals surface area (Å²) in [5.41, 5.74) is 3.68. The van der Waals surface area contributed by atoms with Gasteiger partial charge in [-0.05, 0) is 6.07 Å².